The molecule has 0 saturated carbocycles. The van der Waals surface area contributed by atoms with Crippen molar-refractivity contribution in [2.24, 2.45) is 0 Å². The largest absolute Gasteiger partial charge is 0.469 e. The molecule has 5 nitrogen and oxygen atoms in total. The molecule has 0 unspecified atom stereocenters. The fraction of sp³-hybridized carbons (Fsp3) is 0.429. The van der Waals surface area contributed by atoms with E-state index in [1.54, 1.807) is 18.0 Å². The first kappa shape index (κ1) is 16.5. The Bertz CT molecular complexity index is 465. The zero-order chi connectivity index (χ0) is 15.0. The summed E-state index contributed by atoms with van der Waals surface area (Å²) in [7, 11) is 3.12. The van der Waals surface area contributed by atoms with Crippen LogP contribution in [-0.4, -0.2) is 44.0 Å². The number of benzene rings is 1. The summed E-state index contributed by atoms with van der Waals surface area (Å²) in [6.45, 7) is 1.09. The smallest absolute Gasteiger partial charge is 0.306 e. The van der Waals surface area contributed by atoms with Gasteiger partial charge < -0.3 is 10.1 Å². The number of likely N-dealkylation sites (N-methyl/N-ethyl adjacent to an activating group) is 1. The lowest BCUT2D eigenvalue weighted by molar-refractivity contribution is -0.141. The zero-order valence-electron chi connectivity index (χ0n) is 11.7. The number of carbonyl (C=O) groups is 2. The molecule has 0 aliphatic heterocycles. The first-order chi connectivity index (χ1) is 9.52. The fourth-order valence-electron chi connectivity index (χ4n) is 1.60. The van der Waals surface area contributed by atoms with Crippen molar-refractivity contribution < 1.29 is 14.3 Å². The quantitative estimate of drug-likeness (QED) is 0.774. The summed E-state index contributed by atoms with van der Waals surface area (Å²) in [5, 5.41) is 3.42. The molecule has 0 spiro atoms. The highest BCUT2D eigenvalue weighted by Crippen LogP contribution is 2.14. The number of amides is 1. The summed E-state index contributed by atoms with van der Waals surface area (Å²) in [6, 6.07) is 7.36. The molecule has 0 aliphatic carbocycles. The summed E-state index contributed by atoms with van der Waals surface area (Å²) in [5.41, 5.74) is 0.875. The highest BCUT2D eigenvalue weighted by atomic mass is 35.5. The van der Waals surface area contributed by atoms with E-state index < -0.39 is 0 Å². The van der Waals surface area contributed by atoms with Crippen molar-refractivity contribution in [1.82, 2.24) is 10.2 Å². The first-order valence-corrected chi connectivity index (χ1v) is 6.66. The molecule has 0 heterocycles. The Kier molecular flexibility index (Phi) is 7.04. The number of carbonyl (C=O) groups excluding carboxylic acids is 2. The standard InChI is InChI=1S/C14H19ClN2O3/c1-17(8-7-14(19)20-2)10-13(18)16-9-11-5-3-4-6-12(11)15/h3-6H,7-10H2,1-2H3,(H,16,18). The highest BCUT2D eigenvalue weighted by Gasteiger charge is 2.09. The monoisotopic (exact) mass is 298 g/mol. The average Bonchev–Trinajstić information content (AvgIpc) is 2.43. The van der Waals surface area contributed by atoms with Crippen LogP contribution in [0.4, 0.5) is 0 Å². The molecule has 0 saturated heterocycles. The van der Waals surface area contributed by atoms with Gasteiger partial charge in [-0.3, -0.25) is 14.5 Å². The molecule has 110 valence electrons. The SMILES string of the molecule is COC(=O)CCN(C)CC(=O)NCc1ccccc1Cl. The number of esters is 1. The third kappa shape index (κ3) is 6.04. The van der Waals surface area contributed by atoms with Gasteiger partial charge in [0, 0.05) is 18.1 Å². The Hall–Kier alpha value is -1.59. The Labute approximate surface area is 123 Å². The molecular weight excluding hydrogens is 280 g/mol. The van der Waals surface area contributed by atoms with Crippen molar-refractivity contribution in [3.8, 4) is 0 Å². The van der Waals surface area contributed by atoms with Crippen LogP contribution in [0.3, 0.4) is 0 Å². The lowest BCUT2D eigenvalue weighted by Crippen LogP contribution is -2.35. The Morgan fingerprint density at radius 1 is 1.35 bits per heavy atom. The fourth-order valence-corrected chi connectivity index (χ4v) is 1.80. The van der Waals surface area contributed by atoms with Gasteiger partial charge in [-0.15, -0.1) is 0 Å². The van der Waals surface area contributed by atoms with Crippen LogP contribution in [-0.2, 0) is 20.9 Å². The van der Waals surface area contributed by atoms with Crippen molar-refractivity contribution >= 4 is 23.5 Å². The van der Waals surface area contributed by atoms with Crippen LogP contribution >= 0.6 is 11.6 Å². The van der Waals surface area contributed by atoms with E-state index in [-0.39, 0.29) is 24.8 Å². The molecule has 1 rings (SSSR count). The molecule has 0 radical (unpaired) electrons. The first-order valence-electron chi connectivity index (χ1n) is 6.28. The maximum absolute atomic E-state index is 11.7. The van der Waals surface area contributed by atoms with E-state index in [2.05, 4.69) is 10.1 Å². The normalized spacial score (nSPS) is 10.4. The van der Waals surface area contributed by atoms with E-state index in [0.29, 0.717) is 18.1 Å². The molecule has 1 amide bonds. The van der Waals surface area contributed by atoms with Gasteiger partial charge in [0.05, 0.1) is 20.1 Å². The lowest BCUT2D eigenvalue weighted by atomic mass is 10.2. The van der Waals surface area contributed by atoms with Crippen molar-refractivity contribution in [3.63, 3.8) is 0 Å². The third-order valence-electron chi connectivity index (χ3n) is 2.77. The lowest BCUT2D eigenvalue weighted by Gasteiger charge is -2.15. The number of methoxy groups -OCH3 is 1. The van der Waals surface area contributed by atoms with Crippen molar-refractivity contribution in [2.45, 2.75) is 13.0 Å². The van der Waals surface area contributed by atoms with E-state index in [9.17, 15) is 9.59 Å². The van der Waals surface area contributed by atoms with E-state index in [1.165, 1.54) is 7.11 Å². The van der Waals surface area contributed by atoms with Crippen LogP contribution in [0.2, 0.25) is 5.02 Å². The second-order valence-corrected chi connectivity index (χ2v) is 4.84. The van der Waals surface area contributed by atoms with Crippen LogP contribution in [0.1, 0.15) is 12.0 Å². The van der Waals surface area contributed by atoms with Gasteiger partial charge in [-0.25, -0.2) is 0 Å². The predicted octanol–water partition coefficient (Wildman–Crippen LogP) is 1.45. The van der Waals surface area contributed by atoms with E-state index >= 15 is 0 Å². The van der Waals surface area contributed by atoms with E-state index in [0.717, 1.165) is 5.56 Å². The maximum Gasteiger partial charge on any atom is 0.306 e. The molecular formula is C14H19ClN2O3. The van der Waals surface area contributed by atoms with Gasteiger partial charge in [0.2, 0.25) is 5.91 Å². The van der Waals surface area contributed by atoms with Crippen LogP contribution < -0.4 is 5.32 Å². The molecule has 20 heavy (non-hydrogen) atoms. The van der Waals surface area contributed by atoms with Gasteiger partial charge in [-0.1, -0.05) is 29.8 Å². The molecule has 0 atom stereocenters. The topological polar surface area (TPSA) is 58.6 Å². The molecule has 0 aromatic heterocycles. The second kappa shape index (κ2) is 8.55. The molecule has 1 aromatic carbocycles. The van der Waals surface area contributed by atoms with Crippen LogP contribution in [0, 0.1) is 0 Å². The number of ether oxygens (including phenoxy) is 1. The van der Waals surface area contributed by atoms with Crippen LogP contribution in [0.15, 0.2) is 24.3 Å². The Balaban J connectivity index is 2.30. The van der Waals surface area contributed by atoms with Gasteiger partial charge in [0.1, 0.15) is 0 Å². The second-order valence-electron chi connectivity index (χ2n) is 4.43. The van der Waals surface area contributed by atoms with Gasteiger partial charge in [-0.05, 0) is 18.7 Å². The Morgan fingerprint density at radius 2 is 2.05 bits per heavy atom. The number of rotatable bonds is 7. The van der Waals surface area contributed by atoms with Crippen LogP contribution in [0.5, 0.6) is 0 Å². The van der Waals surface area contributed by atoms with Gasteiger partial charge >= 0.3 is 5.97 Å². The van der Waals surface area contributed by atoms with E-state index in [1.807, 2.05) is 18.2 Å². The van der Waals surface area contributed by atoms with Crippen molar-refractivity contribution in [3.05, 3.63) is 34.9 Å². The minimum absolute atomic E-state index is 0.114. The van der Waals surface area contributed by atoms with Gasteiger partial charge in [0.25, 0.3) is 0 Å². The number of nitrogens with zero attached hydrogens (tertiary/aromatic N) is 1. The zero-order valence-corrected chi connectivity index (χ0v) is 12.4. The minimum Gasteiger partial charge on any atom is -0.469 e. The summed E-state index contributed by atoms with van der Waals surface area (Å²) in [6.07, 6.45) is 0.269. The number of hydrogen-bond acceptors (Lipinski definition) is 4. The molecule has 0 bridgehead atoms. The predicted molar refractivity (Wildman–Crippen MR) is 77.4 cm³/mol. The Morgan fingerprint density at radius 3 is 2.70 bits per heavy atom. The molecule has 0 fully saturated rings. The number of nitrogens with one attached hydrogen (secondary N) is 1. The summed E-state index contributed by atoms with van der Waals surface area (Å²) in [4.78, 5) is 24.5. The van der Waals surface area contributed by atoms with Crippen LogP contribution in [0.25, 0.3) is 0 Å². The summed E-state index contributed by atoms with van der Waals surface area (Å²) >= 11 is 6.00. The van der Waals surface area contributed by atoms with E-state index in [4.69, 9.17) is 11.6 Å². The summed E-state index contributed by atoms with van der Waals surface area (Å²) < 4.78 is 4.54. The number of hydrogen-bond donors (Lipinski definition) is 1. The molecule has 1 aromatic rings. The summed E-state index contributed by atoms with van der Waals surface area (Å²) in [5.74, 6) is -0.398. The van der Waals surface area contributed by atoms with Gasteiger partial charge in [-0.2, -0.15) is 0 Å². The highest BCUT2D eigenvalue weighted by molar-refractivity contribution is 6.31. The molecule has 1 N–H and O–H groups in total. The van der Waals surface area contributed by atoms with Crippen molar-refractivity contribution in [2.75, 3.05) is 27.2 Å². The molecule has 6 heteroatoms. The van der Waals surface area contributed by atoms with Gasteiger partial charge in [0.15, 0.2) is 0 Å². The third-order valence-corrected chi connectivity index (χ3v) is 3.14. The number of halogens is 1. The van der Waals surface area contributed by atoms with Crippen molar-refractivity contribution in [1.29, 1.82) is 0 Å². The molecule has 0 aliphatic rings. The minimum atomic E-state index is -0.284. The average molecular weight is 299 g/mol. The maximum atomic E-state index is 11.7.